The molecule has 0 spiro atoms. The van der Waals surface area contributed by atoms with Crippen LogP contribution in [0, 0.1) is 0 Å². The van der Waals surface area contributed by atoms with E-state index in [2.05, 4.69) is 49.1 Å². The molecule has 2 heteroatoms. The van der Waals surface area contributed by atoms with Crippen molar-refractivity contribution < 1.29 is 4.74 Å². The van der Waals surface area contributed by atoms with Gasteiger partial charge in [-0.05, 0) is 71.1 Å². The smallest absolute Gasteiger partial charge is 0.0635 e. The summed E-state index contributed by atoms with van der Waals surface area (Å²) in [6, 6.07) is 11.2. The molecule has 1 atom stereocenters. The average Bonchev–Trinajstić information content (AvgIpc) is 2.54. The predicted octanol–water partition coefficient (Wildman–Crippen LogP) is 4.39. The largest absolute Gasteiger partial charge is 0.376 e. The summed E-state index contributed by atoms with van der Waals surface area (Å²) in [5, 5.41) is 0. The van der Waals surface area contributed by atoms with Gasteiger partial charge in [-0.25, -0.2) is 0 Å². The van der Waals surface area contributed by atoms with Crippen LogP contribution in [0.1, 0.15) is 57.9 Å². The van der Waals surface area contributed by atoms with Gasteiger partial charge in [-0.1, -0.05) is 36.8 Å². The highest BCUT2D eigenvalue weighted by atomic mass is 16.5. The van der Waals surface area contributed by atoms with Crippen molar-refractivity contribution in [3.63, 3.8) is 0 Å². The molecule has 22 heavy (non-hydrogen) atoms. The first kappa shape index (κ1) is 16.0. The molecular formula is C20H31NO. The van der Waals surface area contributed by atoms with E-state index >= 15 is 0 Å². The Bertz CT molecular complexity index is 464. The van der Waals surface area contributed by atoms with Crippen LogP contribution in [0.15, 0.2) is 30.3 Å². The van der Waals surface area contributed by atoms with Crippen LogP contribution < -0.4 is 0 Å². The minimum Gasteiger partial charge on any atom is -0.376 e. The molecule has 2 aliphatic rings. The van der Waals surface area contributed by atoms with E-state index in [1.807, 2.05) is 0 Å². The number of rotatable bonds is 4. The van der Waals surface area contributed by atoms with Crippen LogP contribution in [-0.2, 0) is 10.2 Å². The molecule has 2 heterocycles. The molecular weight excluding hydrogens is 270 g/mol. The van der Waals surface area contributed by atoms with E-state index in [-0.39, 0.29) is 5.60 Å². The highest BCUT2D eigenvalue weighted by Gasteiger charge is 2.41. The van der Waals surface area contributed by atoms with Crippen molar-refractivity contribution in [1.29, 1.82) is 0 Å². The second-order valence-corrected chi connectivity index (χ2v) is 7.83. The van der Waals surface area contributed by atoms with Crippen molar-refractivity contribution in [2.45, 2.75) is 63.4 Å². The average molecular weight is 301 g/mol. The molecule has 1 unspecified atom stereocenters. The molecule has 0 aliphatic carbocycles. The van der Waals surface area contributed by atoms with Gasteiger partial charge in [0, 0.05) is 12.0 Å². The zero-order chi connectivity index (χ0) is 15.5. The van der Waals surface area contributed by atoms with Crippen molar-refractivity contribution in [3.8, 4) is 0 Å². The van der Waals surface area contributed by atoms with Crippen molar-refractivity contribution >= 4 is 0 Å². The van der Waals surface area contributed by atoms with Gasteiger partial charge >= 0.3 is 0 Å². The third kappa shape index (κ3) is 3.72. The Kier molecular flexibility index (Phi) is 4.89. The summed E-state index contributed by atoms with van der Waals surface area (Å²) >= 11 is 0. The van der Waals surface area contributed by atoms with Crippen LogP contribution in [0.3, 0.4) is 0 Å². The van der Waals surface area contributed by atoms with Crippen molar-refractivity contribution in [3.05, 3.63) is 35.9 Å². The number of hydrogen-bond donors (Lipinski definition) is 0. The molecule has 0 aromatic heterocycles. The minimum atomic E-state index is -0.00398. The maximum Gasteiger partial charge on any atom is 0.0635 e. The molecule has 2 saturated heterocycles. The van der Waals surface area contributed by atoms with E-state index in [1.54, 1.807) is 0 Å². The summed E-state index contributed by atoms with van der Waals surface area (Å²) in [7, 11) is 0. The fourth-order valence-electron chi connectivity index (χ4n) is 4.43. The zero-order valence-corrected chi connectivity index (χ0v) is 14.3. The van der Waals surface area contributed by atoms with E-state index in [1.165, 1.54) is 50.9 Å². The molecule has 0 bridgehead atoms. The summed E-state index contributed by atoms with van der Waals surface area (Å²) in [5.74, 6) is 0. The van der Waals surface area contributed by atoms with Gasteiger partial charge in [-0.15, -0.1) is 0 Å². The van der Waals surface area contributed by atoms with Crippen LogP contribution in [0.4, 0.5) is 0 Å². The molecule has 122 valence electrons. The standard InChI is InChI=1S/C20H31NO/c1-19(2)17-20(12-16-22-19,18-9-5-3-6-10-18)11-15-21-13-7-4-8-14-21/h3,5-6,9-10H,4,7-8,11-17H2,1-2H3. The number of piperidine rings is 1. The first-order valence-corrected chi connectivity index (χ1v) is 9.02. The van der Waals surface area contributed by atoms with Crippen molar-refractivity contribution in [1.82, 2.24) is 4.90 Å². The molecule has 0 radical (unpaired) electrons. The van der Waals surface area contributed by atoms with Gasteiger partial charge < -0.3 is 9.64 Å². The number of hydrogen-bond acceptors (Lipinski definition) is 2. The normalized spacial score (nSPS) is 29.4. The van der Waals surface area contributed by atoms with E-state index < -0.39 is 0 Å². The van der Waals surface area contributed by atoms with Gasteiger partial charge in [-0.3, -0.25) is 0 Å². The fourth-order valence-corrected chi connectivity index (χ4v) is 4.43. The summed E-state index contributed by atoms with van der Waals surface area (Å²) in [6.45, 7) is 9.23. The van der Waals surface area contributed by atoms with Gasteiger partial charge in [0.1, 0.15) is 0 Å². The maximum absolute atomic E-state index is 6.02. The van der Waals surface area contributed by atoms with Crippen LogP contribution in [0.2, 0.25) is 0 Å². The summed E-state index contributed by atoms with van der Waals surface area (Å²) in [5.41, 5.74) is 1.81. The van der Waals surface area contributed by atoms with E-state index in [4.69, 9.17) is 4.74 Å². The van der Waals surface area contributed by atoms with Gasteiger partial charge in [-0.2, -0.15) is 0 Å². The summed E-state index contributed by atoms with van der Waals surface area (Å²) in [4.78, 5) is 2.68. The third-order valence-corrected chi connectivity index (χ3v) is 5.58. The maximum atomic E-state index is 6.02. The molecule has 1 aromatic carbocycles. The molecule has 2 nitrogen and oxygen atoms in total. The van der Waals surface area contributed by atoms with Crippen LogP contribution >= 0.6 is 0 Å². The van der Waals surface area contributed by atoms with Crippen LogP contribution in [0.5, 0.6) is 0 Å². The topological polar surface area (TPSA) is 12.5 Å². The number of likely N-dealkylation sites (tertiary alicyclic amines) is 1. The van der Waals surface area contributed by atoms with Crippen LogP contribution in [-0.4, -0.2) is 36.7 Å². The molecule has 0 saturated carbocycles. The van der Waals surface area contributed by atoms with E-state index in [0.717, 1.165) is 19.4 Å². The summed E-state index contributed by atoms with van der Waals surface area (Å²) in [6.07, 6.45) is 7.75. The lowest BCUT2D eigenvalue weighted by Gasteiger charge is -2.46. The van der Waals surface area contributed by atoms with Gasteiger partial charge in [0.25, 0.3) is 0 Å². The highest BCUT2D eigenvalue weighted by Crippen LogP contribution is 2.44. The van der Waals surface area contributed by atoms with Crippen molar-refractivity contribution in [2.75, 3.05) is 26.2 Å². The Morgan fingerprint density at radius 2 is 1.77 bits per heavy atom. The van der Waals surface area contributed by atoms with Gasteiger partial charge in [0.15, 0.2) is 0 Å². The molecule has 2 fully saturated rings. The summed E-state index contributed by atoms with van der Waals surface area (Å²) < 4.78 is 6.02. The minimum absolute atomic E-state index is 0.00398. The quantitative estimate of drug-likeness (QED) is 0.818. The zero-order valence-electron chi connectivity index (χ0n) is 14.3. The Morgan fingerprint density at radius 3 is 2.45 bits per heavy atom. The first-order chi connectivity index (χ1) is 10.6. The van der Waals surface area contributed by atoms with Crippen molar-refractivity contribution in [2.24, 2.45) is 0 Å². The SMILES string of the molecule is CC1(C)CC(CCN2CCCCC2)(c2ccccc2)CCO1. The number of ether oxygens (including phenoxy) is 1. The van der Waals surface area contributed by atoms with Gasteiger partial charge in [0.05, 0.1) is 5.60 Å². The Labute approximate surface area is 135 Å². The highest BCUT2D eigenvalue weighted by molar-refractivity contribution is 5.27. The van der Waals surface area contributed by atoms with Gasteiger partial charge in [0.2, 0.25) is 0 Å². The Balaban J connectivity index is 1.77. The molecule has 0 N–H and O–H groups in total. The fraction of sp³-hybridized carbons (Fsp3) is 0.700. The Morgan fingerprint density at radius 1 is 1.05 bits per heavy atom. The second kappa shape index (κ2) is 6.72. The van der Waals surface area contributed by atoms with E-state index in [0.29, 0.717) is 5.41 Å². The second-order valence-electron chi connectivity index (χ2n) is 7.83. The lowest BCUT2D eigenvalue weighted by Crippen LogP contribution is -2.46. The molecule has 3 rings (SSSR count). The third-order valence-electron chi connectivity index (χ3n) is 5.58. The monoisotopic (exact) mass is 301 g/mol. The molecule has 0 amide bonds. The predicted molar refractivity (Wildman–Crippen MR) is 92.3 cm³/mol. The molecule has 1 aromatic rings. The van der Waals surface area contributed by atoms with Crippen LogP contribution in [0.25, 0.3) is 0 Å². The van der Waals surface area contributed by atoms with E-state index in [9.17, 15) is 0 Å². The number of benzene rings is 1. The number of nitrogens with zero attached hydrogens (tertiary/aromatic N) is 1. The first-order valence-electron chi connectivity index (χ1n) is 9.02. The lowest BCUT2D eigenvalue weighted by atomic mass is 9.67. The molecule has 2 aliphatic heterocycles. The Hall–Kier alpha value is -0.860. The lowest BCUT2D eigenvalue weighted by molar-refractivity contribution is -0.0854.